The van der Waals surface area contributed by atoms with Gasteiger partial charge in [0.15, 0.2) is 20.5 Å². The van der Waals surface area contributed by atoms with Crippen LogP contribution in [0.5, 0.6) is 0 Å². The third-order valence-electron chi connectivity index (χ3n) is 8.26. The fourth-order valence-corrected chi connectivity index (χ4v) is 6.90. The first-order valence-electron chi connectivity index (χ1n) is 14.1. The number of nitrogens with zero attached hydrogens (tertiary/aromatic N) is 7. The Hall–Kier alpha value is -4.23. The summed E-state index contributed by atoms with van der Waals surface area (Å²) in [5.74, 6) is -0.765. The molecule has 2 aliphatic rings. The van der Waals surface area contributed by atoms with E-state index in [1.165, 1.54) is 36.8 Å². The van der Waals surface area contributed by atoms with Gasteiger partial charge in [-0.1, -0.05) is 24.6 Å². The molecular formula is C30H29ClFN7O4S. The number of carbonyl (C=O) groups is 1. The topological polar surface area (TPSA) is 131 Å². The minimum absolute atomic E-state index is 0.000171. The van der Waals surface area contributed by atoms with Crippen molar-refractivity contribution >= 4 is 44.2 Å². The second kappa shape index (κ2) is 11.4. The number of halogens is 2. The van der Waals surface area contributed by atoms with E-state index in [0.717, 1.165) is 30.1 Å². The molecule has 5 heterocycles. The zero-order chi connectivity index (χ0) is 31.3. The van der Waals surface area contributed by atoms with E-state index in [1.807, 2.05) is 11.8 Å². The fraction of sp³-hybridized carbons (Fsp3) is 0.333. The van der Waals surface area contributed by atoms with Crippen molar-refractivity contribution in [2.75, 3.05) is 30.8 Å². The molecule has 1 aliphatic carbocycles. The highest BCUT2D eigenvalue weighted by atomic mass is 35.5. The Morgan fingerprint density at radius 3 is 2.59 bits per heavy atom. The summed E-state index contributed by atoms with van der Waals surface area (Å²) in [5, 5.41) is 0.0417. The lowest BCUT2D eigenvalue weighted by Crippen LogP contribution is -2.54. The number of anilines is 1. The molecule has 0 N–H and O–H groups in total. The fourth-order valence-electron chi connectivity index (χ4n) is 5.88. The molecule has 44 heavy (non-hydrogen) atoms. The Kier molecular flexibility index (Phi) is 7.70. The maximum atomic E-state index is 16.0. The van der Waals surface area contributed by atoms with Crippen molar-refractivity contribution in [1.29, 1.82) is 0 Å². The van der Waals surface area contributed by atoms with Crippen LogP contribution in [-0.4, -0.2) is 75.7 Å². The van der Waals surface area contributed by atoms with Gasteiger partial charge in [0.05, 0.1) is 16.1 Å². The lowest BCUT2D eigenvalue weighted by atomic mass is 9.79. The minimum atomic E-state index is -3.93. The summed E-state index contributed by atoms with van der Waals surface area (Å²) >= 11 is 6.38. The second-order valence-corrected chi connectivity index (χ2v) is 13.4. The van der Waals surface area contributed by atoms with Crippen molar-refractivity contribution in [3.05, 3.63) is 76.3 Å². The molecule has 0 unspecified atom stereocenters. The Morgan fingerprint density at radius 2 is 1.95 bits per heavy atom. The zero-order valence-electron chi connectivity index (χ0n) is 24.1. The monoisotopic (exact) mass is 637 g/mol. The SMILES string of the molecule is C=CC(=O)N1CCN(c2nc(=O)n(-c3c(C4CCC4)ccnc3S(C)(=O)=O)c3nc(-c4ccncc4Cl)c(F)cc23)[C@@H](C)C1. The summed E-state index contributed by atoms with van der Waals surface area (Å²) in [6, 6.07) is 4.15. The average Bonchev–Trinajstić information content (AvgIpc) is 2.95. The normalized spacial score (nSPS) is 17.5. The smallest absolute Gasteiger partial charge is 0.350 e. The number of fused-ring (bicyclic) bond motifs is 1. The number of pyridine rings is 3. The Morgan fingerprint density at radius 1 is 1.18 bits per heavy atom. The van der Waals surface area contributed by atoms with E-state index < -0.39 is 21.3 Å². The van der Waals surface area contributed by atoms with Gasteiger partial charge in [0.25, 0.3) is 0 Å². The molecule has 1 atom stereocenters. The van der Waals surface area contributed by atoms with E-state index in [2.05, 4.69) is 26.5 Å². The quantitative estimate of drug-likeness (QED) is 0.289. The molecule has 0 bridgehead atoms. The van der Waals surface area contributed by atoms with E-state index in [1.54, 1.807) is 11.0 Å². The molecule has 228 valence electrons. The van der Waals surface area contributed by atoms with Gasteiger partial charge in [-0.25, -0.2) is 32.1 Å². The highest BCUT2D eigenvalue weighted by Crippen LogP contribution is 2.41. The van der Waals surface area contributed by atoms with E-state index >= 15 is 4.39 Å². The number of carbonyl (C=O) groups excluding carboxylic acids is 1. The van der Waals surface area contributed by atoms with Crippen LogP contribution in [0.3, 0.4) is 0 Å². The lowest BCUT2D eigenvalue weighted by molar-refractivity contribution is -0.126. The molecule has 1 saturated carbocycles. The number of aromatic nitrogens is 5. The molecule has 1 saturated heterocycles. The van der Waals surface area contributed by atoms with Gasteiger partial charge in [-0.15, -0.1) is 0 Å². The molecule has 2 fully saturated rings. The van der Waals surface area contributed by atoms with Gasteiger partial charge in [-0.3, -0.25) is 9.78 Å². The van der Waals surface area contributed by atoms with Crippen LogP contribution in [0.4, 0.5) is 10.2 Å². The van der Waals surface area contributed by atoms with Crippen molar-refractivity contribution in [2.24, 2.45) is 0 Å². The van der Waals surface area contributed by atoms with Crippen LogP contribution in [0, 0.1) is 5.82 Å². The van der Waals surface area contributed by atoms with Gasteiger partial charge in [-0.05, 0) is 55.5 Å². The predicted octanol–water partition coefficient (Wildman–Crippen LogP) is 3.92. The van der Waals surface area contributed by atoms with Crippen molar-refractivity contribution in [3.8, 4) is 16.9 Å². The van der Waals surface area contributed by atoms with Crippen molar-refractivity contribution < 1.29 is 17.6 Å². The molecule has 14 heteroatoms. The van der Waals surface area contributed by atoms with Crippen LogP contribution in [0.1, 0.15) is 37.7 Å². The van der Waals surface area contributed by atoms with Gasteiger partial charge in [0, 0.05) is 56.1 Å². The first kappa shape index (κ1) is 29.8. The molecule has 1 amide bonds. The number of piperazine rings is 1. The molecular weight excluding hydrogens is 609 g/mol. The van der Waals surface area contributed by atoms with Gasteiger partial charge >= 0.3 is 5.69 Å². The summed E-state index contributed by atoms with van der Waals surface area (Å²) in [7, 11) is -3.93. The maximum absolute atomic E-state index is 16.0. The van der Waals surface area contributed by atoms with Crippen LogP contribution in [0.15, 0.2) is 59.3 Å². The highest BCUT2D eigenvalue weighted by Gasteiger charge is 2.33. The summed E-state index contributed by atoms with van der Waals surface area (Å²) in [6.07, 6.45) is 9.07. The molecule has 11 nitrogen and oxygen atoms in total. The van der Waals surface area contributed by atoms with Gasteiger partial charge in [0.1, 0.15) is 17.3 Å². The van der Waals surface area contributed by atoms with Gasteiger partial charge in [0.2, 0.25) is 5.91 Å². The largest absolute Gasteiger partial charge is 0.355 e. The van der Waals surface area contributed by atoms with E-state index in [9.17, 15) is 18.0 Å². The van der Waals surface area contributed by atoms with Crippen LogP contribution in [-0.2, 0) is 14.6 Å². The first-order chi connectivity index (χ1) is 21.0. The average molecular weight is 638 g/mol. The summed E-state index contributed by atoms with van der Waals surface area (Å²) in [6.45, 7) is 6.39. The first-order valence-corrected chi connectivity index (χ1v) is 16.4. The maximum Gasteiger partial charge on any atom is 0.355 e. The van der Waals surface area contributed by atoms with Crippen LogP contribution < -0.4 is 10.6 Å². The molecule has 0 spiro atoms. The zero-order valence-corrected chi connectivity index (χ0v) is 25.6. The van der Waals surface area contributed by atoms with Crippen LogP contribution in [0.25, 0.3) is 28.0 Å². The summed E-state index contributed by atoms with van der Waals surface area (Å²) in [4.78, 5) is 47.1. The molecule has 6 rings (SSSR count). The van der Waals surface area contributed by atoms with E-state index in [0.29, 0.717) is 25.2 Å². The van der Waals surface area contributed by atoms with Crippen molar-refractivity contribution in [1.82, 2.24) is 29.4 Å². The minimum Gasteiger partial charge on any atom is -0.350 e. The molecule has 0 aromatic carbocycles. The van der Waals surface area contributed by atoms with Gasteiger partial charge < -0.3 is 9.80 Å². The number of hydrogen-bond acceptors (Lipinski definition) is 9. The third-order valence-corrected chi connectivity index (χ3v) is 9.56. The predicted molar refractivity (Wildman–Crippen MR) is 164 cm³/mol. The molecule has 0 radical (unpaired) electrons. The molecule has 4 aromatic rings. The second-order valence-electron chi connectivity index (χ2n) is 11.1. The Balaban J connectivity index is 1.67. The van der Waals surface area contributed by atoms with E-state index in [-0.39, 0.29) is 61.7 Å². The van der Waals surface area contributed by atoms with Crippen molar-refractivity contribution in [3.63, 3.8) is 0 Å². The van der Waals surface area contributed by atoms with Crippen molar-refractivity contribution in [2.45, 2.75) is 43.2 Å². The number of rotatable bonds is 6. The summed E-state index contributed by atoms with van der Waals surface area (Å²) in [5.41, 5.74) is 0.00294. The number of sulfone groups is 1. The highest BCUT2D eigenvalue weighted by molar-refractivity contribution is 7.90. The Bertz CT molecular complexity index is 2000. The molecule has 4 aromatic heterocycles. The third kappa shape index (κ3) is 5.13. The van der Waals surface area contributed by atoms with Gasteiger partial charge in [-0.2, -0.15) is 4.98 Å². The standard InChI is InChI=1S/C30H29ClFN7O4S/c1-4-24(40)37-12-13-38(17(2)16-37)27-21-14-23(32)25(20-8-10-33-15-22(20)31)35-28(21)39(30(41)36-27)26-19(18-6-5-7-18)9-11-34-29(26)44(3,42)43/h4,8-11,14-15,17-18H,1,5-7,12-13,16H2,2-3H3/t17-/m0/s1. The number of hydrogen-bond donors (Lipinski definition) is 0. The van der Waals surface area contributed by atoms with Crippen LogP contribution >= 0.6 is 11.6 Å². The molecule has 1 aliphatic heterocycles. The number of amides is 1. The van der Waals surface area contributed by atoms with Crippen LogP contribution in [0.2, 0.25) is 5.02 Å². The summed E-state index contributed by atoms with van der Waals surface area (Å²) < 4.78 is 43.2. The lowest BCUT2D eigenvalue weighted by Gasteiger charge is -2.40. The van der Waals surface area contributed by atoms with E-state index in [4.69, 9.17) is 11.6 Å². The Labute approximate surface area is 258 Å².